The molecule has 112 valence electrons. The number of hydrogen-bond donors (Lipinski definition) is 2. The Hall–Kier alpha value is -1.96. The van der Waals surface area contributed by atoms with E-state index in [4.69, 9.17) is 15.6 Å². The average molecular weight is 292 g/mol. The van der Waals surface area contributed by atoms with Crippen molar-refractivity contribution < 1.29 is 27.8 Å². The van der Waals surface area contributed by atoms with Crippen LogP contribution in [0.3, 0.4) is 0 Å². The maximum absolute atomic E-state index is 12.4. The van der Waals surface area contributed by atoms with E-state index in [2.05, 4.69) is 0 Å². The number of alkyl halides is 3. The van der Waals surface area contributed by atoms with Gasteiger partial charge in [-0.1, -0.05) is 6.07 Å². The van der Waals surface area contributed by atoms with Crippen molar-refractivity contribution in [3.63, 3.8) is 0 Å². The molecule has 8 heteroatoms. The predicted molar refractivity (Wildman–Crippen MR) is 66.5 cm³/mol. The van der Waals surface area contributed by atoms with Crippen LogP contribution in [0, 0.1) is 0 Å². The normalized spacial score (nSPS) is 11.2. The number of methoxy groups -OCH3 is 1. The van der Waals surface area contributed by atoms with Gasteiger partial charge in [-0.05, 0) is 12.1 Å². The van der Waals surface area contributed by atoms with Crippen molar-refractivity contribution in [1.29, 1.82) is 0 Å². The predicted octanol–water partition coefficient (Wildman–Crippen LogP) is 1.27. The Morgan fingerprint density at radius 1 is 1.45 bits per heavy atom. The molecule has 0 spiro atoms. The molecule has 3 N–H and O–H groups in total. The molecule has 0 saturated carbocycles. The summed E-state index contributed by atoms with van der Waals surface area (Å²) in [6.45, 7) is -2.47. The highest BCUT2D eigenvalue weighted by atomic mass is 19.4. The number of benzene rings is 1. The van der Waals surface area contributed by atoms with Crippen molar-refractivity contribution >= 4 is 11.6 Å². The fourth-order valence-corrected chi connectivity index (χ4v) is 1.71. The molecule has 0 atom stereocenters. The van der Waals surface area contributed by atoms with E-state index in [0.717, 1.165) is 0 Å². The largest absolute Gasteiger partial charge is 0.494 e. The summed E-state index contributed by atoms with van der Waals surface area (Å²) in [4.78, 5) is 12.6. The number of rotatable bonds is 5. The zero-order valence-corrected chi connectivity index (χ0v) is 10.8. The summed E-state index contributed by atoms with van der Waals surface area (Å²) in [5.74, 6) is -0.886. The smallest absolute Gasteiger partial charge is 0.406 e. The zero-order chi connectivity index (χ0) is 15.3. The summed E-state index contributed by atoms with van der Waals surface area (Å²) >= 11 is 0. The van der Waals surface area contributed by atoms with Gasteiger partial charge in [0.05, 0.1) is 25.0 Å². The lowest BCUT2D eigenvalue weighted by Crippen LogP contribution is -2.40. The van der Waals surface area contributed by atoms with Crippen LogP contribution in [0.15, 0.2) is 18.2 Å². The number of ether oxygens (including phenoxy) is 1. The first-order valence-electron chi connectivity index (χ1n) is 5.69. The second-order valence-electron chi connectivity index (χ2n) is 3.99. The summed E-state index contributed by atoms with van der Waals surface area (Å²) in [5.41, 5.74) is 5.67. The number of nitrogen functional groups attached to an aromatic ring is 1. The van der Waals surface area contributed by atoms with Gasteiger partial charge in [0, 0.05) is 6.54 Å². The SMILES string of the molecule is COc1c(N)cccc1C(=O)N(CCO)CC(F)(F)F. The van der Waals surface area contributed by atoms with E-state index in [1.54, 1.807) is 0 Å². The van der Waals surface area contributed by atoms with Crippen LogP contribution in [0.1, 0.15) is 10.4 Å². The number of para-hydroxylation sites is 1. The quantitative estimate of drug-likeness (QED) is 0.801. The number of amides is 1. The van der Waals surface area contributed by atoms with Gasteiger partial charge in [-0.25, -0.2) is 0 Å². The Morgan fingerprint density at radius 3 is 2.60 bits per heavy atom. The molecule has 0 heterocycles. The van der Waals surface area contributed by atoms with Crippen LogP contribution in [0.2, 0.25) is 0 Å². The minimum absolute atomic E-state index is 0.0163. The van der Waals surface area contributed by atoms with E-state index in [1.807, 2.05) is 0 Å². The fraction of sp³-hybridized carbons (Fsp3) is 0.417. The van der Waals surface area contributed by atoms with Crippen LogP contribution < -0.4 is 10.5 Å². The highest BCUT2D eigenvalue weighted by molar-refractivity contribution is 5.98. The van der Waals surface area contributed by atoms with Gasteiger partial charge < -0.3 is 20.5 Å². The van der Waals surface area contributed by atoms with Crippen LogP contribution in [-0.2, 0) is 0 Å². The first-order chi connectivity index (χ1) is 9.30. The Morgan fingerprint density at radius 2 is 2.10 bits per heavy atom. The molecule has 1 amide bonds. The van der Waals surface area contributed by atoms with Gasteiger partial charge in [0.2, 0.25) is 0 Å². The molecule has 0 aliphatic rings. The second-order valence-corrected chi connectivity index (χ2v) is 3.99. The molecule has 0 aliphatic heterocycles. The lowest BCUT2D eigenvalue weighted by Gasteiger charge is -2.24. The highest BCUT2D eigenvalue weighted by Gasteiger charge is 2.34. The third-order valence-electron chi connectivity index (χ3n) is 2.51. The van der Waals surface area contributed by atoms with Crippen molar-refractivity contribution in [2.24, 2.45) is 0 Å². The van der Waals surface area contributed by atoms with Crippen LogP contribution in [-0.4, -0.2) is 48.9 Å². The number of aliphatic hydroxyl groups excluding tert-OH is 1. The number of halogens is 3. The van der Waals surface area contributed by atoms with Gasteiger partial charge in [0.25, 0.3) is 5.91 Å². The maximum Gasteiger partial charge on any atom is 0.406 e. The third kappa shape index (κ3) is 4.02. The second kappa shape index (κ2) is 6.47. The molecule has 0 saturated heterocycles. The van der Waals surface area contributed by atoms with Gasteiger partial charge >= 0.3 is 6.18 Å². The number of carbonyl (C=O) groups is 1. The summed E-state index contributed by atoms with van der Waals surface area (Å²) in [6.07, 6.45) is -4.56. The summed E-state index contributed by atoms with van der Waals surface area (Å²) < 4.78 is 42.2. The lowest BCUT2D eigenvalue weighted by atomic mass is 10.1. The van der Waals surface area contributed by atoms with E-state index in [0.29, 0.717) is 4.90 Å². The lowest BCUT2D eigenvalue weighted by molar-refractivity contribution is -0.141. The van der Waals surface area contributed by atoms with Crippen LogP contribution in [0.5, 0.6) is 5.75 Å². The zero-order valence-electron chi connectivity index (χ0n) is 10.8. The molecule has 0 aliphatic carbocycles. The number of carbonyl (C=O) groups excluding carboxylic acids is 1. The fourth-order valence-electron chi connectivity index (χ4n) is 1.71. The van der Waals surface area contributed by atoms with Gasteiger partial charge in [0.15, 0.2) is 5.75 Å². The van der Waals surface area contributed by atoms with Crippen molar-refractivity contribution in [3.05, 3.63) is 23.8 Å². The molecule has 0 unspecified atom stereocenters. The first-order valence-corrected chi connectivity index (χ1v) is 5.69. The van der Waals surface area contributed by atoms with Gasteiger partial charge in [-0.3, -0.25) is 4.79 Å². The summed E-state index contributed by atoms with van der Waals surface area (Å²) in [5, 5.41) is 8.79. The molecule has 1 rings (SSSR count). The number of hydrogen-bond acceptors (Lipinski definition) is 4. The number of anilines is 1. The van der Waals surface area contributed by atoms with Crippen LogP contribution in [0.25, 0.3) is 0 Å². The molecule has 0 fully saturated rings. The van der Waals surface area contributed by atoms with Crippen molar-refractivity contribution in [2.45, 2.75) is 6.18 Å². The molecule has 0 aromatic heterocycles. The van der Waals surface area contributed by atoms with E-state index < -0.39 is 31.8 Å². The van der Waals surface area contributed by atoms with E-state index in [-0.39, 0.29) is 17.0 Å². The molecule has 1 aromatic rings. The maximum atomic E-state index is 12.4. The average Bonchev–Trinajstić information content (AvgIpc) is 2.35. The topological polar surface area (TPSA) is 75.8 Å². The molecule has 5 nitrogen and oxygen atoms in total. The highest BCUT2D eigenvalue weighted by Crippen LogP contribution is 2.28. The first kappa shape index (κ1) is 16.1. The van der Waals surface area contributed by atoms with Crippen LogP contribution in [0.4, 0.5) is 18.9 Å². The molecule has 20 heavy (non-hydrogen) atoms. The number of aliphatic hydroxyl groups is 1. The molecule has 0 bridgehead atoms. The number of nitrogens with zero attached hydrogens (tertiary/aromatic N) is 1. The van der Waals surface area contributed by atoms with Crippen molar-refractivity contribution in [3.8, 4) is 5.75 Å². The monoisotopic (exact) mass is 292 g/mol. The van der Waals surface area contributed by atoms with E-state index in [9.17, 15) is 18.0 Å². The minimum atomic E-state index is -4.56. The van der Waals surface area contributed by atoms with Gasteiger partial charge in [-0.15, -0.1) is 0 Å². The summed E-state index contributed by atoms with van der Waals surface area (Å²) in [7, 11) is 1.27. The molecule has 1 aromatic carbocycles. The standard InChI is InChI=1S/C12H15F3N2O3/c1-20-10-8(3-2-4-9(10)16)11(19)17(5-6-18)7-12(13,14)15/h2-4,18H,5-7,16H2,1H3. The Labute approximate surface area is 113 Å². The van der Waals surface area contributed by atoms with Crippen molar-refractivity contribution in [1.82, 2.24) is 4.90 Å². The number of nitrogens with two attached hydrogens (primary N) is 1. The molecular weight excluding hydrogens is 277 g/mol. The van der Waals surface area contributed by atoms with Gasteiger partial charge in [-0.2, -0.15) is 13.2 Å². The van der Waals surface area contributed by atoms with Crippen molar-refractivity contribution in [2.75, 3.05) is 32.5 Å². The van der Waals surface area contributed by atoms with Crippen LogP contribution >= 0.6 is 0 Å². The summed E-state index contributed by atoms with van der Waals surface area (Å²) in [6, 6.07) is 4.23. The third-order valence-corrected chi connectivity index (χ3v) is 2.51. The van der Waals surface area contributed by atoms with E-state index in [1.165, 1.54) is 25.3 Å². The van der Waals surface area contributed by atoms with Gasteiger partial charge in [0.1, 0.15) is 6.54 Å². The molecule has 0 radical (unpaired) electrons. The molecular formula is C12H15F3N2O3. The van der Waals surface area contributed by atoms with E-state index >= 15 is 0 Å². The Balaban J connectivity index is 3.09. The Bertz CT molecular complexity index is 478. The Kier molecular flexibility index (Phi) is 5.20. The minimum Gasteiger partial charge on any atom is -0.494 e.